The van der Waals surface area contributed by atoms with Gasteiger partial charge in [0.2, 0.25) is 0 Å². The minimum atomic E-state index is 0.124. The van der Waals surface area contributed by atoms with Gasteiger partial charge in [-0.25, -0.2) is 0 Å². The van der Waals surface area contributed by atoms with Crippen LogP contribution in [0.1, 0.15) is 223 Å². The number of allylic oxidation sites excluding steroid dienone is 1. The standard InChI is InChI=1S/C13H20O2.C13H16.C12H18O.C12H14S.C12H18.2C10H14O/c1-9-7-10(13(2,3)4)8-11(14-5)12(9)15-6;1-13(2,3)12-8-7-10-5-4-6-11(10)9-12;1-8-6-10(13)7-9(2)11(8)12(3,4)5;1-12(2,3)10-8-13-11-7-5-4-6-9(10)11;1-9-6-7-11(8-10(9)2)12(3,4)5;1-10(2,3)8-4-6-9(11)7-5-8;1-10(2,3)8-5-4-6-9(11)7-8/h7-8H,1-6H3;4,6-9H,5H2,1-3H3;6-7,13H,1-5H3;4-8H,1-3H3;6-8H,1-5H3;2*4-7,11H,1-3H3. The fraction of sp³-hybridized carbons (Fsp3) is 0.439. The Morgan fingerprint density at radius 1 is 0.375 bits per heavy atom. The van der Waals surface area contributed by atoms with Crippen molar-refractivity contribution in [3.8, 4) is 28.7 Å². The van der Waals surface area contributed by atoms with E-state index in [4.69, 9.17) is 14.6 Å². The molecule has 0 amide bonds. The Morgan fingerprint density at radius 2 is 0.864 bits per heavy atom. The van der Waals surface area contributed by atoms with Gasteiger partial charge in [0.25, 0.3) is 0 Å². The summed E-state index contributed by atoms with van der Waals surface area (Å²) in [5.74, 6) is 2.67. The van der Waals surface area contributed by atoms with E-state index >= 15 is 0 Å². The molecule has 1 aromatic heterocycles. The van der Waals surface area contributed by atoms with Gasteiger partial charge in [0.15, 0.2) is 11.5 Å². The molecule has 6 heteroatoms. The highest BCUT2D eigenvalue weighted by Crippen LogP contribution is 2.38. The second kappa shape index (κ2) is 31.1. The van der Waals surface area contributed by atoms with Gasteiger partial charge in [0, 0.05) is 4.70 Å². The second-order valence-corrected chi connectivity index (χ2v) is 31.7. The topological polar surface area (TPSA) is 79.2 Å². The van der Waals surface area contributed by atoms with E-state index in [1.54, 1.807) is 38.5 Å². The van der Waals surface area contributed by atoms with Crippen molar-refractivity contribution in [2.75, 3.05) is 14.2 Å². The third-order valence-electron chi connectivity index (χ3n) is 15.6. The second-order valence-electron chi connectivity index (χ2n) is 30.8. The van der Waals surface area contributed by atoms with Crippen molar-refractivity contribution in [3.63, 3.8) is 0 Å². The Balaban J connectivity index is 0.000000269. The van der Waals surface area contributed by atoms with Crippen molar-refractivity contribution in [1.29, 1.82) is 0 Å². The largest absolute Gasteiger partial charge is 0.508 e. The average Bonchev–Trinajstić information content (AvgIpc) is 2.55. The lowest BCUT2D eigenvalue weighted by atomic mass is 9.81. The first-order valence-corrected chi connectivity index (χ1v) is 32.1. The summed E-state index contributed by atoms with van der Waals surface area (Å²) in [6.07, 6.45) is 5.57. The molecule has 0 radical (unpaired) electrons. The molecule has 7 aromatic carbocycles. The number of phenols is 3. The number of thiophene rings is 1. The summed E-state index contributed by atoms with van der Waals surface area (Å²) in [5.41, 5.74) is 19.8. The number of hydrogen-bond donors (Lipinski definition) is 3. The molecule has 0 atom stereocenters. The van der Waals surface area contributed by atoms with E-state index < -0.39 is 0 Å². The Bertz CT molecular complexity index is 3480. The summed E-state index contributed by atoms with van der Waals surface area (Å²) in [6, 6.07) is 44.8. The third kappa shape index (κ3) is 23.6. The molecule has 1 aliphatic carbocycles. The molecule has 1 heterocycles. The predicted octanol–water partition coefficient (Wildman–Crippen LogP) is 23.3. The summed E-state index contributed by atoms with van der Waals surface area (Å²) in [4.78, 5) is 0. The highest BCUT2D eigenvalue weighted by atomic mass is 32.1. The number of fused-ring (bicyclic) bond motifs is 2. The lowest BCUT2D eigenvalue weighted by Gasteiger charge is -2.24. The van der Waals surface area contributed by atoms with Crippen LogP contribution >= 0.6 is 11.3 Å². The molecule has 0 saturated carbocycles. The number of phenolic OH excluding ortho intramolecular Hbond substituents is 3. The summed E-state index contributed by atoms with van der Waals surface area (Å²) in [5, 5.41) is 31.3. The predicted molar refractivity (Wildman–Crippen MR) is 386 cm³/mol. The van der Waals surface area contributed by atoms with Crippen molar-refractivity contribution in [3.05, 3.63) is 223 Å². The molecule has 0 spiro atoms. The van der Waals surface area contributed by atoms with Gasteiger partial charge in [0.05, 0.1) is 14.2 Å². The van der Waals surface area contributed by atoms with Gasteiger partial charge < -0.3 is 24.8 Å². The summed E-state index contributed by atoms with van der Waals surface area (Å²) in [7, 11) is 3.34. The molecule has 0 aliphatic heterocycles. The van der Waals surface area contributed by atoms with Gasteiger partial charge in [-0.3, -0.25) is 0 Å². The van der Waals surface area contributed by atoms with E-state index in [1.165, 1.54) is 76.8 Å². The quantitative estimate of drug-likeness (QED) is 0.161. The molecule has 0 unspecified atom stereocenters. The van der Waals surface area contributed by atoms with Crippen LogP contribution in [-0.2, 0) is 44.3 Å². The Hall–Kier alpha value is -6.76. The number of benzene rings is 7. The van der Waals surface area contributed by atoms with E-state index in [0.717, 1.165) is 29.0 Å². The van der Waals surface area contributed by atoms with Gasteiger partial charge in [-0.1, -0.05) is 242 Å². The molecule has 0 saturated heterocycles. The van der Waals surface area contributed by atoms with E-state index in [9.17, 15) is 10.2 Å². The first-order valence-electron chi connectivity index (χ1n) is 31.3. The van der Waals surface area contributed by atoms with Crippen LogP contribution < -0.4 is 9.47 Å². The maximum Gasteiger partial charge on any atom is 0.163 e. The van der Waals surface area contributed by atoms with Crippen LogP contribution in [0.25, 0.3) is 16.2 Å². The molecule has 3 N–H and O–H groups in total. The summed E-state index contributed by atoms with van der Waals surface area (Å²) >= 11 is 1.84. The van der Waals surface area contributed by atoms with Crippen molar-refractivity contribution in [2.45, 2.75) is 224 Å². The lowest BCUT2D eigenvalue weighted by Crippen LogP contribution is -2.14. The Kier molecular flexibility index (Phi) is 26.7. The maximum absolute atomic E-state index is 9.38. The van der Waals surface area contributed by atoms with Crippen molar-refractivity contribution < 1.29 is 24.8 Å². The van der Waals surface area contributed by atoms with Gasteiger partial charge >= 0.3 is 0 Å². The van der Waals surface area contributed by atoms with E-state index in [2.05, 4.69) is 244 Å². The van der Waals surface area contributed by atoms with E-state index in [1.807, 2.05) is 74.6 Å². The van der Waals surface area contributed by atoms with Crippen molar-refractivity contribution in [2.24, 2.45) is 0 Å². The van der Waals surface area contributed by atoms with Gasteiger partial charge in [-0.15, -0.1) is 11.3 Å². The fourth-order valence-corrected chi connectivity index (χ4v) is 11.3. The first kappa shape index (κ1) is 75.5. The fourth-order valence-electron chi connectivity index (χ4n) is 10.1. The van der Waals surface area contributed by atoms with Crippen LogP contribution in [-0.4, -0.2) is 29.5 Å². The minimum absolute atomic E-state index is 0.124. The highest BCUT2D eigenvalue weighted by Gasteiger charge is 2.22. The average molecular weight is 1210 g/mol. The molecule has 8 aromatic rings. The van der Waals surface area contributed by atoms with Crippen LogP contribution in [0.15, 0.2) is 145 Å². The zero-order valence-electron chi connectivity index (χ0n) is 59.7. The number of methoxy groups -OCH3 is 2. The molecular weight excluding hydrogens is 1100 g/mol. The highest BCUT2D eigenvalue weighted by molar-refractivity contribution is 7.17. The monoisotopic (exact) mass is 1210 g/mol. The van der Waals surface area contributed by atoms with Crippen LogP contribution in [0.5, 0.6) is 28.7 Å². The number of hydrogen-bond acceptors (Lipinski definition) is 6. The number of aromatic hydroxyl groups is 3. The molecular formula is C82H114O5S. The summed E-state index contributed by atoms with van der Waals surface area (Å²) in [6.45, 7) is 56.8. The Morgan fingerprint density at radius 3 is 1.33 bits per heavy atom. The lowest BCUT2D eigenvalue weighted by molar-refractivity contribution is 0.351. The van der Waals surface area contributed by atoms with Crippen LogP contribution in [0.3, 0.4) is 0 Å². The van der Waals surface area contributed by atoms with E-state index in [0.29, 0.717) is 17.2 Å². The van der Waals surface area contributed by atoms with Gasteiger partial charge in [-0.2, -0.15) is 0 Å². The molecule has 0 bridgehead atoms. The minimum Gasteiger partial charge on any atom is -0.508 e. The molecule has 5 nitrogen and oxygen atoms in total. The zero-order valence-corrected chi connectivity index (χ0v) is 60.5. The smallest absolute Gasteiger partial charge is 0.163 e. The Labute approximate surface area is 539 Å². The number of aryl methyl sites for hydroxylation is 5. The molecule has 88 heavy (non-hydrogen) atoms. The van der Waals surface area contributed by atoms with Crippen LogP contribution in [0.4, 0.5) is 0 Å². The van der Waals surface area contributed by atoms with E-state index in [-0.39, 0.29) is 37.9 Å². The van der Waals surface area contributed by atoms with Gasteiger partial charge in [-0.05, 0) is 216 Å². The third-order valence-corrected chi connectivity index (χ3v) is 16.5. The molecule has 9 rings (SSSR count). The molecule has 1 aliphatic rings. The van der Waals surface area contributed by atoms with Crippen LogP contribution in [0, 0.1) is 34.6 Å². The normalized spacial score (nSPS) is 12.1. The first-order chi connectivity index (χ1) is 40.3. The SMILES string of the molecule is CC(C)(C)c1ccc(O)cc1.CC(C)(C)c1ccc2c(c1)C=CC2.CC(C)(C)c1cccc(O)c1.CC(C)(C)c1csc2ccccc12.COc1cc(C(C)(C)C)cc(C)c1OC.Cc1cc(O)cc(C)c1C(C)(C)C.Cc1ccc(C(C)(C)C)cc1C. The van der Waals surface area contributed by atoms with Gasteiger partial charge in [0.1, 0.15) is 17.2 Å². The molecule has 0 fully saturated rings. The van der Waals surface area contributed by atoms with Crippen molar-refractivity contribution in [1.82, 2.24) is 0 Å². The van der Waals surface area contributed by atoms with Crippen molar-refractivity contribution >= 4 is 27.5 Å². The van der Waals surface area contributed by atoms with Crippen LogP contribution in [0.2, 0.25) is 0 Å². The maximum atomic E-state index is 9.38. The zero-order chi connectivity index (χ0) is 67.1. The molecule has 478 valence electrons. The number of ether oxygens (including phenoxy) is 2. The number of rotatable bonds is 2. The summed E-state index contributed by atoms with van der Waals surface area (Å²) < 4.78 is 12.0.